The lowest BCUT2D eigenvalue weighted by Gasteiger charge is -2.13. The summed E-state index contributed by atoms with van der Waals surface area (Å²) < 4.78 is 12.8. The normalized spacial score (nSPS) is 10.7. The molecule has 174 valence electrons. The molecule has 0 saturated heterocycles. The van der Waals surface area contributed by atoms with Crippen LogP contribution in [0.15, 0.2) is 103 Å². The molecule has 7 nitrogen and oxygen atoms in total. The second-order valence-corrected chi connectivity index (χ2v) is 7.84. The van der Waals surface area contributed by atoms with Crippen LogP contribution in [0.4, 0.5) is 11.6 Å². The Kier molecular flexibility index (Phi) is 6.39. The van der Waals surface area contributed by atoms with Crippen molar-refractivity contribution in [2.75, 3.05) is 19.5 Å². The van der Waals surface area contributed by atoms with Crippen LogP contribution >= 0.6 is 0 Å². The standard InChI is InChI=1S/C28H25N5O2/c1-34-23-14-13-22(25(15-23)35-2)16-30-28-24-17-29-19-33(24)26(18-31-28)32-27(20-9-5-3-6-10-20)21-11-7-4-8-12-21/h3-15,17-19H,16H2,1-2H3,(H,30,31). The number of aromatic nitrogens is 3. The fourth-order valence-corrected chi connectivity index (χ4v) is 3.90. The van der Waals surface area contributed by atoms with E-state index in [0.717, 1.165) is 39.4 Å². The first-order valence-corrected chi connectivity index (χ1v) is 11.2. The molecule has 0 aliphatic rings. The summed E-state index contributed by atoms with van der Waals surface area (Å²) in [6, 6.07) is 26.0. The van der Waals surface area contributed by atoms with E-state index in [1.807, 2.05) is 59.0 Å². The Bertz CT molecular complexity index is 1420. The number of ether oxygens (including phenoxy) is 2. The van der Waals surface area contributed by atoms with Crippen LogP contribution in [-0.4, -0.2) is 34.3 Å². The molecular weight excluding hydrogens is 438 g/mol. The van der Waals surface area contributed by atoms with Crippen LogP contribution < -0.4 is 14.8 Å². The van der Waals surface area contributed by atoms with Crippen molar-refractivity contribution in [2.45, 2.75) is 6.54 Å². The Labute approximate surface area is 203 Å². The Hall–Kier alpha value is -4.65. The predicted molar refractivity (Wildman–Crippen MR) is 138 cm³/mol. The number of hydrogen-bond acceptors (Lipinski definition) is 6. The van der Waals surface area contributed by atoms with Gasteiger partial charge in [-0.15, -0.1) is 0 Å². The molecule has 2 heterocycles. The number of nitrogens with zero attached hydrogens (tertiary/aromatic N) is 4. The zero-order valence-electron chi connectivity index (χ0n) is 19.6. The summed E-state index contributed by atoms with van der Waals surface area (Å²) in [5.41, 5.74) is 4.75. The molecule has 0 amide bonds. The molecule has 0 aliphatic carbocycles. The third kappa shape index (κ3) is 4.70. The van der Waals surface area contributed by atoms with Gasteiger partial charge in [0.25, 0.3) is 0 Å². The van der Waals surface area contributed by atoms with E-state index in [-0.39, 0.29) is 0 Å². The summed E-state index contributed by atoms with van der Waals surface area (Å²) in [6.45, 7) is 0.531. The van der Waals surface area contributed by atoms with E-state index in [2.05, 4.69) is 39.6 Å². The monoisotopic (exact) mass is 463 g/mol. The van der Waals surface area contributed by atoms with Crippen LogP contribution in [-0.2, 0) is 6.54 Å². The first kappa shape index (κ1) is 22.2. The molecule has 5 aromatic rings. The fourth-order valence-electron chi connectivity index (χ4n) is 3.90. The average molecular weight is 464 g/mol. The van der Waals surface area contributed by atoms with Gasteiger partial charge in [-0.3, -0.25) is 4.40 Å². The van der Waals surface area contributed by atoms with Crippen LogP contribution in [0.3, 0.4) is 0 Å². The zero-order chi connectivity index (χ0) is 24.0. The Morgan fingerprint density at radius 2 is 1.60 bits per heavy atom. The number of imidazole rings is 1. The van der Waals surface area contributed by atoms with Crippen LogP contribution in [0.25, 0.3) is 5.52 Å². The first-order chi connectivity index (χ1) is 17.3. The fraction of sp³-hybridized carbons (Fsp3) is 0.107. The lowest BCUT2D eigenvalue weighted by molar-refractivity contribution is 0.391. The number of benzene rings is 3. The van der Waals surface area contributed by atoms with Crippen molar-refractivity contribution in [3.63, 3.8) is 0 Å². The van der Waals surface area contributed by atoms with E-state index in [0.29, 0.717) is 18.2 Å². The second kappa shape index (κ2) is 10.1. The quantitative estimate of drug-likeness (QED) is 0.307. The molecule has 0 saturated carbocycles. The molecule has 0 unspecified atom stereocenters. The van der Waals surface area contributed by atoms with Crippen LogP contribution in [0.1, 0.15) is 16.7 Å². The maximum atomic E-state index is 5.52. The van der Waals surface area contributed by atoms with Crippen LogP contribution in [0.5, 0.6) is 11.5 Å². The number of anilines is 1. The van der Waals surface area contributed by atoms with Gasteiger partial charge < -0.3 is 14.8 Å². The Balaban J connectivity index is 1.50. The number of fused-ring (bicyclic) bond motifs is 1. The van der Waals surface area contributed by atoms with Crippen molar-refractivity contribution in [3.8, 4) is 11.5 Å². The summed E-state index contributed by atoms with van der Waals surface area (Å²) in [6.07, 6.45) is 5.29. The predicted octanol–water partition coefficient (Wildman–Crippen LogP) is 5.53. The number of methoxy groups -OCH3 is 2. The molecule has 35 heavy (non-hydrogen) atoms. The summed E-state index contributed by atoms with van der Waals surface area (Å²) >= 11 is 0. The number of hydrogen-bond donors (Lipinski definition) is 1. The highest BCUT2D eigenvalue weighted by Gasteiger charge is 2.12. The average Bonchev–Trinajstić information content (AvgIpc) is 3.42. The summed E-state index contributed by atoms with van der Waals surface area (Å²) in [7, 11) is 3.29. The van der Waals surface area contributed by atoms with Gasteiger partial charge in [-0.25, -0.2) is 15.0 Å². The highest BCUT2D eigenvalue weighted by Crippen LogP contribution is 2.27. The van der Waals surface area contributed by atoms with E-state index in [1.54, 1.807) is 32.9 Å². The maximum absolute atomic E-state index is 5.52. The molecule has 1 N–H and O–H groups in total. The second-order valence-electron chi connectivity index (χ2n) is 7.84. The van der Waals surface area contributed by atoms with Crippen molar-refractivity contribution in [1.82, 2.24) is 14.4 Å². The van der Waals surface area contributed by atoms with Gasteiger partial charge in [-0.1, -0.05) is 60.7 Å². The molecular formula is C28H25N5O2. The minimum atomic E-state index is 0.531. The zero-order valence-corrected chi connectivity index (χ0v) is 19.6. The van der Waals surface area contributed by atoms with E-state index >= 15 is 0 Å². The SMILES string of the molecule is COc1ccc(CNc2ncc(N=C(c3ccccc3)c3ccccc3)n3cncc23)c(OC)c1. The van der Waals surface area contributed by atoms with Gasteiger partial charge in [-0.2, -0.15) is 0 Å². The molecule has 5 rings (SSSR count). The minimum absolute atomic E-state index is 0.531. The van der Waals surface area contributed by atoms with Crippen molar-refractivity contribution >= 4 is 22.9 Å². The van der Waals surface area contributed by atoms with Gasteiger partial charge in [0.15, 0.2) is 11.6 Å². The molecule has 2 aromatic heterocycles. The van der Waals surface area contributed by atoms with Crippen molar-refractivity contribution in [3.05, 3.63) is 114 Å². The summed E-state index contributed by atoms with van der Waals surface area (Å²) in [4.78, 5) is 14.1. The van der Waals surface area contributed by atoms with E-state index in [9.17, 15) is 0 Å². The highest BCUT2D eigenvalue weighted by molar-refractivity contribution is 6.13. The van der Waals surface area contributed by atoms with E-state index in [1.165, 1.54) is 0 Å². The molecule has 0 fully saturated rings. The Morgan fingerprint density at radius 1 is 0.886 bits per heavy atom. The lowest BCUT2D eigenvalue weighted by atomic mass is 10.0. The first-order valence-electron chi connectivity index (χ1n) is 11.2. The van der Waals surface area contributed by atoms with Gasteiger partial charge in [0.1, 0.15) is 23.3 Å². The summed E-state index contributed by atoms with van der Waals surface area (Å²) in [5.74, 6) is 2.89. The van der Waals surface area contributed by atoms with Crippen molar-refractivity contribution < 1.29 is 9.47 Å². The van der Waals surface area contributed by atoms with Crippen molar-refractivity contribution in [2.24, 2.45) is 4.99 Å². The van der Waals surface area contributed by atoms with E-state index < -0.39 is 0 Å². The van der Waals surface area contributed by atoms with Gasteiger partial charge in [0.2, 0.25) is 0 Å². The topological polar surface area (TPSA) is 73.0 Å². The van der Waals surface area contributed by atoms with Crippen LogP contribution in [0.2, 0.25) is 0 Å². The smallest absolute Gasteiger partial charge is 0.157 e. The molecule has 0 radical (unpaired) electrons. The maximum Gasteiger partial charge on any atom is 0.157 e. The van der Waals surface area contributed by atoms with Gasteiger partial charge in [0.05, 0.1) is 32.3 Å². The van der Waals surface area contributed by atoms with Gasteiger partial charge in [-0.05, 0) is 12.1 Å². The highest BCUT2D eigenvalue weighted by atomic mass is 16.5. The lowest BCUT2D eigenvalue weighted by Crippen LogP contribution is -2.06. The van der Waals surface area contributed by atoms with E-state index in [4.69, 9.17) is 14.5 Å². The third-order valence-corrected chi connectivity index (χ3v) is 5.70. The van der Waals surface area contributed by atoms with Crippen LogP contribution in [0, 0.1) is 0 Å². The minimum Gasteiger partial charge on any atom is -0.497 e. The molecule has 0 atom stereocenters. The molecule has 0 bridgehead atoms. The molecule has 7 heteroatoms. The summed E-state index contributed by atoms with van der Waals surface area (Å²) in [5, 5.41) is 3.40. The molecule has 0 aliphatic heterocycles. The Morgan fingerprint density at radius 3 is 2.26 bits per heavy atom. The third-order valence-electron chi connectivity index (χ3n) is 5.70. The van der Waals surface area contributed by atoms with Gasteiger partial charge in [0, 0.05) is 29.3 Å². The largest absolute Gasteiger partial charge is 0.497 e. The van der Waals surface area contributed by atoms with Crippen molar-refractivity contribution in [1.29, 1.82) is 0 Å². The van der Waals surface area contributed by atoms with Gasteiger partial charge >= 0.3 is 0 Å². The number of aliphatic imine (C=N–C) groups is 1. The molecule has 0 spiro atoms. The number of nitrogens with one attached hydrogen (secondary N) is 1. The molecule has 3 aromatic carbocycles. The number of rotatable bonds is 8.